The standard InChI is InChI=1S/C17H28OS/c1-14(2)8-6-4-5-7-9-15(3)18-16-10-12-17(19)13-11-16/h10-15,19H,4-9H2,1-3H3. The van der Waals surface area contributed by atoms with Crippen molar-refractivity contribution in [3.8, 4) is 5.75 Å². The largest absolute Gasteiger partial charge is 0.491 e. The van der Waals surface area contributed by atoms with Crippen molar-refractivity contribution in [3.05, 3.63) is 24.3 Å². The fourth-order valence-electron chi connectivity index (χ4n) is 2.15. The van der Waals surface area contributed by atoms with Crippen LogP contribution in [0.2, 0.25) is 0 Å². The summed E-state index contributed by atoms with van der Waals surface area (Å²) in [5, 5.41) is 0. The van der Waals surface area contributed by atoms with Crippen LogP contribution in [0, 0.1) is 5.92 Å². The molecule has 19 heavy (non-hydrogen) atoms. The molecule has 0 aromatic heterocycles. The van der Waals surface area contributed by atoms with E-state index in [2.05, 4.69) is 33.4 Å². The summed E-state index contributed by atoms with van der Waals surface area (Å²) in [6.45, 7) is 6.75. The predicted octanol–water partition coefficient (Wildman–Crippen LogP) is 5.74. The highest BCUT2D eigenvalue weighted by Crippen LogP contribution is 2.18. The molecular weight excluding hydrogens is 252 g/mol. The molecule has 0 heterocycles. The minimum Gasteiger partial charge on any atom is -0.491 e. The lowest BCUT2D eigenvalue weighted by atomic mass is 10.0. The van der Waals surface area contributed by atoms with E-state index in [9.17, 15) is 0 Å². The average Bonchev–Trinajstić information content (AvgIpc) is 2.36. The average molecular weight is 280 g/mol. The summed E-state index contributed by atoms with van der Waals surface area (Å²) in [5.41, 5.74) is 0. The van der Waals surface area contributed by atoms with Gasteiger partial charge >= 0.3 is 0 Å². The Bertz CT molecular complexity index is 332. The first-order valence-corrected chi connectivity index (χ1v) is 7.98. The van der Waals surface area contributed by atoms with E-state index >= 15 is 0 Å². The predicted molar refractivity (Wildman–Crippen MR) is 86.3 cm³/mol. The van der Waals surface area contributed by atoms with Gasteiger partial charge in [-0.15, -0.1) is 12.6 Å². The van der Waals surface area contributed by atoms with Crippen LogP contribution in [0.1, 0.15) is 59.3 Å². The molecule has 0 aliphatic carbocycles. The minimum absolute atomic E-state index is 0.302. The van der Waals surface area contributed by atoms with E-state index in [-0.39, 0.29) is 0 Å². The van der Waals surface area contributed by atoms with Gasteiger partial charge in [0.05, 0.1) is 6.10 Å². The van der Waals surface area contributed by atoms with Crippen molar-refractivity contribution in [2.75, 3.05) is 0 Å². The molecule has 1 rings (SSSR count). The Hall–Kier alpha value is -0.630. The lowest BCUT2D eigenvalue weighted by molar-refractivity contribution is 0.206. The molecule has 0 amide bonds. The summed E-state index contributed by atoms with van der Waals surface area (Å²) in [6.07, 6.45) is 8.14. The second-order valence-electron chi connectivity index (χ2n) is 5.81. The van der Waals surface area contributed by atoms with Gasteiger partial charge in [0, 0.05) is 4.90 Å². The van der Waals surface area contributed by atoms with E-state index in [4.69, 9.17) is 4.74 Å². The number of thiol groups is 1. The Balaban J connectivity index is 2.08. The minimum atomic E-state index is 0.302. The van der Waals surface area contributed by atoms with Gasteiger partial charge in [-0.2, -0.15) is 0 Å². The maximum absolute atomic E-state index is 5.88. The maximum atomic E-state index is 5.88. The van der Waals surface area contributed by atoms with Gasteiger partial charge in [0.1, 0.15) is 5.75 Å². The molecule has 0 saturated carbocycles. The lowest BCUT2D eigenvalue weighted by Crippen LogP contribution is -2.11. The fraction of sp³-hybridized carbons (Fsp3) is 0.647. The molecule has 1 unspecified atom stereocenters. The molecule has 0 fully saturated rings. The van der Waals surface area contributed by atoms with Crippen LogP contribution in [-0.4, -0.2) is 6.10 Å². The second-order valence-corrected chi connectivity index (χ2v) is 6.32. The molecule has 1 atom stereocenters. The van der Waals surface area contributed by atoms with Crippen LogP contribution < -0.4 is 4.74 Å². The van der Waals surface area contributed by atoms with Crippen molar-refractivity contribution in [1.82, 2.24) is 0 Å². The van der Waals surface area contributed by atoms with E-state index in [1.165, 1.54) is 32.1 Å². The number of rotatable bonds is 9. The quantitative estimate of drug-likeness (QED) is 0.448. The molecule has 1 aromatic carbocycles. The molecule has 2 heteroatoms. The fourth-order valence-corrected chi connectivity index (χ4v) is 2.30. The van der Waals surface area contributed by atoms with Crippen molar-refractivity contribution in [2.24, 2.45) is 5.92 Å². The monoisotopic (exact) mass is 280 g/mol. The molecule has 0 aliphatic heterocycles. The summed E-state index contributed by atoms with van der Waals surface area (Å²) in [4.78, 5) is 0.977. The molecule has 0 aliphatic rings. The highest BCUT2D eigenvalue weighted by atomic mass is 32.1. The van der Waals surface area contributed by atoms with Gasteiger partial charge in [0.15, 0.2) is 0 Å². The zero-order chi connectivity index (χ0) is 14.1. The molecular formula is C17H28OS. The number of hydrogen-bond donors (Lipinski definition) is 1. The smallest absolute Gasteiger partial charge is 0.119 e. The number of hydrogen-bond acceptors (Lipinski definition) is 2. The molecule has 0 saturated heterocycles. The Labute approximate surface area is 124 Å². The first kappa shape index (κ1) is 16.4. The molecule has 1 nitrogen and oxygen atoms in total. The van der Waals surface area contributed by atoms with Gasteiger partial charge in [0.25, 0.3) is 0 Å². The van der Waals surface area contributed by atoms with Gasteiger partial charge in [-0.25, -0.2) is 0 Å². The first-order valence-electron chi connectivity index (χ1n) is 7.53. The maximum Gasteiger partial charge on any atom is 0.119 e. The molecule has 1 aromatic rings. The van der Waals surface area contributed by atoms with Crippen LogP contribution >= 0.6 is 12.6 Å². The highest BCUT2D eigenvalue weighted by molar-refractivity contribution is 7.80. The van der Waals surface area contributed by atoms with Crippen LogP contribution in [-0.2, 0) is 0 Å². The molecule has 0 N–H and O–H groups in total. The van der Waals surface area contributed by atoms with Crippen molar-refractivity contribution in [2.45, 2.75) is 70.3 Å². The van der Waals surface area contributed by atoms with Crippen molar-refractivity contribution < 1.29 is 4.74 Å². The zero-order valence-electron chi connectivity index (χ0n) is 12.6. The Morgan fingerprint density at radius 2 is 1.47 bits per heavy atom. The van der Waals surface area contributed by atoms with Crippen LogP contribution in [0.25, 0.3) is 0 Å². The van der Waals surface area contributed by atoms with Crippen molar-refractivity contribution >= 4 is 12.6 Å². The van der Waals surface area contributed by atoms with Gasteiger partial charge < -0.3 is 4.74 Å². The lowest BCUT2D eigenvalue weighted by Gasteiger charge is -2.14. The SMILES string of the molecule is CC(C)CCCCCCC(C)Oc1ccc(S)cc1. The van der Waals surface area contributed by atoms with E-state index in [0.29, 0.717) is 6.10 Å². The van der Waals surface area contributed by atoms with E-state index in [1.54, 1.807) is 0 Å². The van der Waals surface area contributed by atoms with Crippen molar-refractivity contribution in [3.63, 3.8) is 0 Å². The van der Waals surface area contributed by atoms with E-state index in [1.807, 2.05) is 24.3 Å². The third-order valence-corrected chi connectivity index (χ3v) is 3.61. The zero-order valence-corrected chi connectivity index (χ0v) is 13.5. The van der Waals surface area contributed by atoms with Crippen LogP contribution in [0.3, 0.4) is 0 Å². The van der Waals surface area contributed by atoms with Gasteiger partial charge in [0.2, 0.25) is 0 Å². The number of unbranched alkanes of at least 4 members (excludes halogenated alkanes) is 3. The van der Waals surface area contributed by atoms with Gasteiger partial charge in [-0.05, 0) is 49.9 Å². The molecule has 0 radical (unpaired) electrons. The highest BCUT2D eigenvalue weighted by Gasteiger charge is 2.04. The molecule has 108 valence electrons. The van der Waals surface area contributed by atoms with E-state index < -0.39 is 0 Å². The van der Waals surface area contributed by atoms with Crippen LogP contribution in [0.15, 0.2) is 29.2 Å². The number of ether oxygens (including phenoxy) is 1. The number of benzene rings is 1. The Kier molecular flexibility index (Phi) is 8.04. The molecule has 0 spiro atoms. The normalized spacial score (nSPS) is 12.7. The summed E-state index contributed by atoms with van der Waals surface area (Å²) in [5.74, 6) is 1.79. The van der Waals surface area contributed by atoms with Crippen LogP contribution in [0.5, 0.6) is 5.75 Å². The summed E-state index contributed by atoms with van der Waals surface area (Å²) in [7, 11) is 0. The topological polar surface area (TPSA) is 9.23 Å². The summed E-state index contributed by atoms with van der Waals surface area (Å²) < 4.78 is 5.88. The van der Waals surface area contributed by atoms with Crippen LogP contribution in [0.4, 0.5) is 0 Å². The van der Waals surface area contributed by atoms with E-state index in [0.717, 1.165) is 23.0 Å². The third-order valence-electron chi connectivity index (χ3n) is 3.32. The van der Waals surface area contributed by atoms with Gasteiger partial charge in [-0.3, -0.25) is 0 Å². The van der Waals surface area contributed by atoms with Crippen molar-refractivity contribution in [1.29, 1.82) is 0 Å². The Morgan fingerprint density at radius 3 is 2.05 bits per heavy atom. The summed E-state index contributed by atoms with van der Waals surface area (Å²) in [6, 6.07) is 7.91. The Morgan fingerprint density at radius 1 is 0.895 bits per heavy atom. The summed E-state index contributed by atoms with van der Waals surface area (Å²) >= 11 is 4.27. The third kappa shape index (κ3) is 8.20. The molecule has 0 bridgehead atoms. The van der Waals surface area contributed by atoms with Gasteiger partial charge in [-0.1, -0.05) is 39.5 Å². The first-order chi connectivity index (χ1) is 9.08. The second kappa shape index (κ2) is 9.30.